The molecule has 1 aliphatic heterocycles. The fourth-order valence-electron chi connectivity index (χ4n) is 0.629. The molecule has 50 valence electrons. The second-order valence-corrected chi connectivity index (χ2v) is 1.69. The lowest BCUT2D eigenvalue weighted by atomic mass is 10.3. The van der Waals surface area contributed by atoms with Crippen molar-refractivity contribution in [3.8, 4) is 0 Å². The molecule has 0 aliphatic carbocycles. The van der Waals surface area contributed by atoms with Crippen molar-refractivity contribution in [2.45, 2.75) is 6.42 Å². The SMILES string of the molecule is NNC(=O)C1=NNCC1. The van der Waals surface area contributed by atoms with Crippen molar-refractivity contribution in [2.75, 3.05) is 6.54 Å². The van der Waals surface area contributed by atoms with E-state index in [1.54, 1.807) is 0 Å². The molecule has 0 saturated heterocycles. The van der Waals surface area contributed by atoms with Crippen LogP contribution in [0.3, 0.4) is 0 Å². The minimum atomic E-state index is -0.306. The highest BCUT2D eigenvalue weighted by Gasteiger charge is 2.12. The van der Waals surface area contributed by atoms with Gasteiger partial charge in [0.2, 0.25) is 0 Å². The van der Waals surface area contributed by atoms with Gasteiger partial charge in [0.25, 0.3) is 5.91 Å². The first-order valence-electron chi connectivity index (χ1n) is 2.65. The van der Waals surface area contributed by atoms with Gasteiger partial charge in [-0.1, -0.05) is 0 Å². The molecule has 9 heavy (non-hydrogen) atoms. The average Bonchev–Trinajstić information content (AvgIpc) is 2.37. The second kappa shape index (κ2) is 2.45. The van der Waals surface area contributed by atoms with Gasteiger partial charge in [0.1, 0.15) is 5.71 Å². The van der Waals surface area contributed by atoms with E-state index in [9.17, 15) is 4.79 Å². The van der Waals surface area contributed by atoms with Gasteiger partial charge in [-0.2, -0.15) is 5.10 Å². The summed E-state index contributed by atoms with van der Waals surface area (Å²) in [6.45, 7) is 0.725. The summed E-state index contributed by atoms with van der Waals surface area (Å²) in [7, 11) is 0. The molecule has 0 bridgehead atoms. The Morgan fingerprint density at radius 3 is 3.11 bits per heavy atom. The molecule has 1 heterocycles. The lowest BCUT2D eigenvalue weighted by Crippen LogP contribution is -2.35. The summed E-state index contributed by atoms with van der Waals surface area (Å²) in [6, 6.07) is 0. The number of hydrogen-bond donors (Lipinski definition) is 3. The number of hydrazone groups is 1. The molecule has 0 saturated carbocycles. The molecule has 1 amide bonds. The fourth-order valence-corrected chi connectivity index (χ4v) is 0.629. The molecular weight excluding hydrogens is 120 g/mol. The Bertz CT molecular complexity index is 153. The molecule has 1 rings (SSSR count). The van der Waals surface area contributed by atoms with E-state index < -0.39 is 0 Å². The van der Waals surface area contributed by atoms with Crippen LogP contribution in [0.2, 0.25) is 0 Å². The summed E-state index contributed by atoms with van der Waals surface area (Å²) < 4.78 is 0. The maximum absolute atomic E-state index is 10.6. The quantitative estimate of drug-likeness (QED) is 0.224. The highest BCUT2D eigenvalue weighted by molar-refractivity contribution is 6.39. The van der Waals surface area contributed by atoms with Crippen molar-refractivity contribution >= 4 is 11.6 Å². The second-order valence-electron chi connectivity index (χ2n) is 1.69. The molecule has 0 aromatic carbocycles. The predicted molar refractivity (Wildman–Crippen MR) is 32.4 cm³/mol. The third kappa shape index (κ3) is 1.17. The third-order valence-electron chi connectivity index (χ3n) is 1.08. The molecule has 5 heteroatoms. The van der Waals surface area contributed by atoms with E-state index >= 15 is 0 Å². The van der Waals surface area contributed by atoms with Crippen LogP contribution in [0, 0.1) is 0 Å². The maximum atomic E-state index is 10.6. The summed E-state index contributed by atoms with van der Waals surface area (Å²) in [6.07, 6.45) is 0.656. The van der Waals surface area contributed by atoms with Crippen molar-refractivity contribution in [2.24, 2.45) is 10.9 Å². The number of rotatable bonds is 1. The number of hydrogen-bond acceptors (Lipinski definition) is 4. The Morgan fingerprint density at radius 1 is 1.89 bits per heavy atom. The van der Waals surface area contributed by atoms with E-state index in [-0.39, 0.29) is 5.91 Å². The van der Waals surface area contributed by atoms with E-state index in [0.717, 1.165) is 6.54 Å². The number of carbonyl (C=O) groups is 1. The van der Waals surface area contributed by atoms with Crippen molar-refractivity contribution in [1.29, 1.82) is 0 Å². The van der Waals surface area contributed by atoms with Crippen molar-refractivity contribution in [3.63, 3.8) is 0 Å². The number of nitrogens with one attached hydrogen (secondary N) is 2. The summed E-state index contributed by atoms with van der Waals surface area (Å²) in [4.78, 5) is 10.6. The van der Waals surface area contributed by atoms with Gasteiger partial charge in [-0.05, 0) is 0 Å². The molecule has 0 unspecified atom stereocenters. The molecule has 0 radical (unpaired) electrons. The number of amides is 1. The molecule has 0 fully saturated rings. The normalized spacial score (nSPS) is 16.3. The average molecular weight is 128 g/mol. The monoisotopic (exact) mass is 128 g/mol. The number of carbonyl (C=O) groups excluding carboxylic acids is 1. The molecular formula is C4H8N4O. The van der Waals surface area contributed by atoms with Crippen molar-refractivity contribution in [3.05, 3.63) is 0 Å². The summed E-state index contributed by atoms with van der Waals surface area (Å²) in [5, 5.41) is 3.68. The van der Waals surface area contributed by atoms with Crippen LogP contribution >= 0.6 is 0 Å². The standard InChI is InChI=1S/C4H8N4O/c5-7-4(9)3-1-2-6-8-3/h6H,1-2,5H2,(H,7,9). The first kappa shape index (κ1) is 6.03. The Labute approximate surface area is 52.3 Å². The Hall–Kier alpha value is -1.10. The minimum absolute atomic E-state index is 0.306. The molecule has 5 nitrogen and oxygen atoms in total. The molecule has 0 atom stereocenters. The van der Waals surface area contributed by atoms with E-state index in [0.29, 0.717) is 12.1 Å². The predicted octanol–water partition coefficient (Wildman–Crippen LogP) is -1.67. The summed E-state index contributed by atoms with van der Waals surface area (Å²) in [5.74, 6) is 4.54. The highest BCUT2D eigenvalue weighted by Crippen LogP contribution is 1.91. The Morgan fingerprint density at radius 2 is 2.67 bits per heavy atom. The van der Waals surface area contributed by atoms with Gasteiger partial charge < -0.3 is 5.43 Å². The fraction of sp³-hybridized carbons (Fsp3) is 0.500. The van der Waals surface area contributed by atoms with Gasteiger partial charge in [0.05, 0.1) is 0 Å². The van der Waals surface area contributed by atoms with Crippen LogP contribution in [0.25, 0.3) is 0 Å². The summed E-state index contributed by atoms with van der Waals surface area (Å²) >= 11 is 0. The van der Waals surface area contributed by atoms with Gasteiger partial charge in [-0.25, -0.2) is 5.84 Å². The van der Waals surface area contributed by atoms with Gasteiger partial charge in [-0.15, -0.1) is 0 Å². The smallest absolute Gasteiger partial charge is 0.281 e. The van der Waals surface area contributed by atoms with E-state index in [1.165, 1.54) is 0 Å². The van der Waals surface area contributed by atoms with Crippen LogP contribution in [-0.4, -0.2) is 18.2 Å². The van der Waals surface area contributed by atoms with Crippen LogP contribution in [-0.2, 0) is 4.79 Å². The van der Waals surface area contributed by atoms with E-state index in [2.05, 4.69) is 10.5 Å². The van der Waals surface area contributed by atoms with Crippen LogP contribution in [0.15, 0.2) is 5.10 Å². The van der Waals surface area contributed by atoms with Crippen LogP contribution in [0.5, 0.6) is 0 Å². The van der Waals surface area contributed by atoms with Crippen molar-refractivity contribution < 1.29 is 4.79 Å². The van der Waals surface area contributed by atoms with Crippen molar-refractivity contribution in [1.82, 2.24) is 10.9 Å². The molecule has 1 aliphatic rings. The summed E-state index contributed by atoms with van der Waals surface area (Å²) in [5.41, 5.74) is 5.13. The molecule has 0 spiro atoms. The van der Waals surface area contributed by atoms with Gasteiger partial charge >= 0.3 is 0 Å². The zero-order valence-corrected chi connectivity index (χ0v) is 4.85. The molecule has 0 aromatic rings. The third-order valence-corrected chi connectivity index (χ3v) is 1.08. The molecule has 4 N–H and O–H groups in total. The zero-order valence-electron chi connectivity index (χ0n) is 4.85. The van der Waals surface area contributed by atoms with E-state index in [4.69, 9.17) is 5.84 Å². The minimum Gasteiger partial charge on any atom is -0.309 e. The van der Waals surface area contributed by atoms with Gasteiger partial charge in [0, 0.05) is 13.0 Å². The van der Waals surface area contributed by atoms with Gasteiger partial charge in [0.15, 0.2) is 0 Å². The first-order chi connectivity index (χ1) is 4.34. The van der Waals surface area contributed by atoms with Crippen LogP contribution in [0.1, 0.15) is 6.42 Å². The Balaban J connectivity index is 2.51. The zero-order chi connectivity index (χ0) is 6.69. The number of hydrazine groups is 1. The number of nitrogens with zero attached hydrogens (tertiary/aromatic N) is 1. The topological polar surface area (TPSA) is 79.5 Å². The van der Waals surface area contributed by atoms with Crippen LogP contribution in [0.4, 0.5) is 0 Å². The number of nitrogens with two attached hydrogens (primary N) is 1. The Kier molecular flexibility index (Phi) is 1.64. The maximum Gasteiger partial charge on any atom is 0.281 e. The largest absolute Gasteiger partial charge is 0.309 e. The first-order valence-corrected chi connectivity index (χ1v) is 2.65. The molecule has 0 aromatic heterocycles. The van der Waals surface area contributed by atoms with Crippen LogP contribution < -0.4 is 16.7 Å². The lowest BCUT2D eigenvalue weighted by molar-refractivity contribution is -0.114. The van der Waals surface area contributed by atoms with E-state index in [1.807, 2.05) is 5.43 Å². The van der Waals surface area contributed by atoms with Gasteiger partial charge in [-0.3, -0.25) is 10.2 Å². The lowest BCUT2D eigenvalue weighted by Gasteiger charge is -1.92. The highest BCUT2D eigenvalue weighted by atomic mass is 16.2.